The number of hydrogen-bond donors (Lipinski definition) is 0. The molecule has 2 heterocycles. The van der Waals surface area contributed by atoms with Crippen molar-refractivity contribution in [2.45, 2.75) is 46.7 Å². The van der Waals surface area contributed by atoms with E-state index >= 15 is 4.39 Å². The highest BCUT2D eigenvalue weighted by atomic mass is 32.1. The van der Waals surface area contributed by atoms with Gasteiger partial charge in [0.05, 0.1) is 16.7 Å². The van der Waals surface area contributed by atoms with Crippen molar-refractivity contribution in [2.24, 2.45) is 0 Å². The molecule has 0 spiro atoms. The maximum absolute atomic E-state index is 15.2. The Hall–Kier alpha value is -5.06. The number of benzene rings is 6. The molecule has 236 valence electrons. The van der Waals surface area contributed by atoms with Crippen LogP contribution in [-0.4, -0.2) is 9.55 Å². The standard InChI is InChI=1S/C44H37FN2S/c1-26-22-31(23-27(2)28(26)3)30-18-20-34-35-15-10-16-36(42(35)48-40(34)24-30)43-46-38-21-19-32(45)25-39(38)47(43)41-33(29-12-8-7-9-13-29)14-11-17-37(41)44(4,5)6/h7-25H,1-6H3/i1D3,2D3,3D3. The highest BCUT2D eigenvalue weighted by Gasteiger charge is 2.27. The first kappa shape index (κ1) is 21.7. The van der Waals surface area contributed by atoms with Gasteiger partial charge in [-0.25, -0.2) is 9.37 Å². The number of imidazole rings is 1. The molecule has 0 fully saturated rings. The number of nitrogens with zero attached hydrogens (tertiary/aromatic N) is 2. The molecule has 0 bridgehead atoms. The monoisotopic (exact) mass is 653 g/mol. The molecule has 0 amide bonds. The molecular formula is C44H37FN2S. The molecule has 8 rings (SSSR count). The smallest absolute Gasteiger partial charge is 0.147 e. The highest BCUT2D eigenvalue weighted by molar-refractivity contribution is 7.26. The van der Waals surface area contributed by atoms with Crippen molar-refractivity contribution in [1.29, 1.82) is 0 Å². The van der Waals surface area contributed by atoms with Gasteiger partial charge in [0, 0.05) is 49.7 Å². The molecule has 6 aromatic carbocycles. The van der Waals surface area contributed by atoms with Gasteiger partial charge >= 0.3 is 0 Å². The topological polar surface area (TPSA) is 17.8 Å². The average molecular weight is 654 g/mol. The molecule has 0 unspecified atom stereocenters. The summed E-state index contributed by atoms with van der Waals surface area (Å²) < 4.78 is 92.3. The van der Waals surface area contributed by atoms with Crippen LogP contribution in [0.4, 0.5) is 4.39 Å². The van der Waals surface area contributed by atoms with Gasteiger partial charge in [0.15, 0.2) is 0 Å². The SMILES string of the molecule is [2H]C([2H])([2H])c1cc(-c2ccc3c(c2)sc2c(-c4nc5ccc(F)cc5n4-c4c(-c5ccccc5)cccc4C(C)(C)C)cccc23)cc(C([2H])([2H])[2H])c1C([2H])([2H])[2H]. The summed E-state index contributed by atoms with van der Waals surface area (Å²) in [7, 11) is 0. The van der Waals surface area contributed by atoms with E-state index in [2.05, 4.69) is 55.7 Å². The van der Waals surface area contributed by atoms with Gasteiger partial charge in [0.1, 0.15) is 11.6 Å². The third kappa shape index (κ3) is 4.94. The molecule has 0 N–H and O–H groups in total. The van der Waals surface area contributed by atoms with Crippen molar-refractivity contribution in [2.75, 3.05) is 0 Å². The molecule has 0 atom stereocenters. The lowest BCUT2D eigenvalue weighted by Crippen LogP contribution is -2.16. The second-order valence-electron chi connectivity index (χ2n) is 13.2. The van der Waals surface area contributed by atoms with Crippen molar-refractivity contribution >= 4 is 42.5 Å². The normalized spacial score (nSPS) is 15.6. The molecule has 0 aliphatic rings. The van der Waals surface area contributed by atoms with Crippen LogP contribution in [-0.2, 0) is 5.41 Å². The van der Waals surface area contributed by atoms with Crippen LogP contribution in [0.5, 0.6) is 0 Å². The van der Waals surface area contributed by atoms with Gasteiger partial charge in [0.25, 0.3) is 0 Å². The lowest BCUT2D eigenvalue weighted by molar-refractivity contribution is 0.587. The minimum atomic E-state index is -2.96. The van der Waals surface area contributed by atoms with E-state index in [0.29, 0.717) is 22.4 Å². The van der Waals surface area contributed by atoms with E-state index in [-0.39, 0.29) is 16.8 Å². The minimum Gasteiger partial charge on any atom is -0.291 e. The first-order valence-electron chi connectivity index (χ1n) is 20.2. The molecule has 0 saturated carbocycles. The Morgan fingerprint density at radius 1 is 0.688 bits per heavy atom. The summed E-state index contributed by atoms with van der Waals surface area (Å²) in [4.78, 5) is 5.19. The second kappa shape index (κ2) is 11.3. The number of rotatable bonds is 4. The van der Waals surface area contributed by atoms with Crippen LogP contribution in [0.15, 0.2) is 115 Å². The van der Waals surface area contributed by atoms with Crippen molar-refractivity contribution in [3.8, 4) is 39.3 Å². The van der Waals surface area contributed by atoms with E-state index in [0.717, 1.165) is 48.1 Å². The summed E-state index contributed by atoms with van der Waals surface area (Å²) in [5.41, 5.74) is 4.85. The molecule has 0 radical (unpaired) electrons. The van der Waals surface area contributed by atoms with Crippen LogP contribution in [0.1, 0.15) is 55.4 Å². The van der Waals surface area contributed by atoms with Gasteiger partial charge in [0.2, 0.25) is 0 Å². The van der Waals surface area contributed by atoms with Crippen molar-refractivity contribution in [3.63, 3.8) is 0 Å². The van der Waals surface area contributed by atoms with Crippen molar-refractivity contribution in [1.82, 2.24) is 9.55 Å². The number of hydrogen-bond acceptors (Lipinski definition) is 2. The fraction of sp³-hybridized carbons (Fsp3) is 0.159. The van der Waals surface area contributed by atoms with Crippen LogP contribution in [0.2, 0.25) is 0 Å². The molecule has 2 nitrogen and oxygen atoms in total. The third-order valence-electron chi connectivity index (χ3n) is 8.98. The Morgan fingerprint density at radius 3 is 2.21 bits per heavy atom. The summed E-state index contributed by atoms with van der Waals surface area (Å²) in [6.45, 7) is -2.25. The molecule has 2 aromatic heterocycles. The quantitative estimate of drug-likeness (QED) is 0.185. The lowest BCUT2D eigenvalue weighted by atomic mass is 9.83. The lowest BCUT2D eigenvalue weighted by Gasteiger charge is -2.27. The molecule has 0 aliphatic carbocycles. The summed E-state index contributed by atoms with van der Waals surface area (Å²) in [5, 5.41) is 1.86. The molecule has 4 heteroatoms. The van der Waals surface area contributed by atoms with Gasteiger partial charge in [-0.3, -0.25) is 4.57 Å². The number of thiophene rings is 1. The Labute approximate surface area is 297 Å². The van der Waals surface area contributed by atoms with E-state index in [1.165, 1.54) is 35.6 Å². The predicted octanol–water partition coefficient (Wildman–Crippen LogP) is 12.8. The first-order chi connectivity index (χ1) is 26.7. The number of fused-ring (bicyclic) bond motifs is 4. The van der Waals surface area contributed by atoms with Gasteiger partial charge in [-0.1, -0.05) is 106 Å². The van der Waals surface area contributed by atoms with E-state index in [1.54, 1.807) is 12.1 Å². The first-order valence-corrected chi connectivity index (χ1v) is 16.6. The van der Waals surface area contributed by atoms with E-state index < -0.39 is 37.2 Å². The minimum absolute atomic E-state index is 0.288. The zero-order valence-electron chi connectivity index (χ0n) is 35.7. The molecule has 0 aliphatic heterocycles. The molecule has 0 saturated heterocycles. The van der Waals surface area contributed by atoms with E-state index in [9.17, 15) is 0 Å². The molecule has 48 heavy (non-hydrogen) atoms. The maximum Gasteiger partial charge on any atom is 0.147 e. The predicted molar refractivity (Wildman–Crippen MR) is 203 cm³/mol. The highest BCUT2D eigenvalue weighted by Crippen LogP contribution is 2.45. The van der Waals surface area contributed by atoms with Gasteiger partial charge in [-0.2, -0.15) is 0 Å². The number of halogens is 1. The average Bonchev–Trinajstić information content (AvgIpc) is 3.70. The number of aryl methyl sites for hydroxylation is 2. The number of para-hydroxylation sites is 1. The Morgan fingerprint density at radius 2 is 1.46 bits per heavy atom. The zero-order chi connectivity index (χ0) is 40.8. The maximum atomic E-state index is 15.2. The summed E-state index contributed by atoms with van der Waals surface area (Å²) in [6, 6.07) is 35.1. The summed E-state index contributed by atoms with van der Waals surface area (Å²) >= 11 is 1.51. The van der Waals surface area contributed by atoms with Crippen LogP contribution >= 0.6 is 11.3 Å². The van der Waals surface area contributed by atoms with Crippen LogP contribution in [0, 0.1) is 26.4 Å². The van der Waals surface area contributed by atoms with Gasteiger partial charge in [-0.15, -0.1) is 11.3 Å². The van der Waals surface area contributed by atoms with Crippen LogP contribution in [0.3, 0.4) is 0 Å². The second-order valence-corrected chi connectivity index (χ2v) is 14.2. The largest absolute Gasteiger partial charge is 0.291 e. The molecule has 8 aromatic rings. The zero-order valence-corrected chi connectivity index (χ0v) is 27.5. The third-order valence-corrected chi connectivity index (χ3v) is 10.2. The van der Waals surface area contributed by atoms with Crippen LogP contribution < -0.4 is 0 Å². The van der Waals surface area contributed by atoms with Crippen LogP contribution in [0.25, 0.3) is 70.5 Å². The van der Waals surface area contributed by atoms with Gasteiger partial charge in [-0.05, 0) is 89.2 Å². The summed E-state index contributed by atoms with van der Waals surface area (Å²) in [6.07, 6.45) is 0. The molecular weight excluding hydrogens is 608 g/mol. The fourth-order valence-corrected chi connectivity index (χ4v) is 7.91. The number of aromatic nitrogens is 2. The Kier molecular flexibility index (Phi) is 5.11. The van der Waals surface area contributed by atoms with E-state index in [4.69, 9.17) is 17.3 Å². The van der Waals surface area contributed by atoms with Gasteiger partial charge < -0.3 is 0 Å². The Balaban J connectivity index is 1.40. The summed E-state index contributed by atoms with van der Waals surface area (Å²) in [5.74, 6) is 0.249. The van der Waals surface area contributed by atoms with Crippen molar-refractivity contribution < 1.29 is 16.7 Å². The Bertz CT molecular complexity index is 2820. The van der Waals surface area contributed by atoms with E-state index in [1.807, 2.05) is 48.5 Å². The fourth-order valence-electron chi connectivity index (χ4n) is 6.66. The van der Waals surface area contributed by atoms with Crippen molar-refractivity contribution in [3.05, 3.63) is 143 Å².